The standard InChI is InChI=1S/C25H31N3O5/c1-27(21(18-6-4-3-5-7-18)16-28-11-10-20(29)15-28)24(30)23-13-19-12-17(8-9-22(19)33-23)14-26-25(31)32-2/h3-9,12,20-21,23,29H,10-11,13-16H2,1-2H3,(H,26,31)/t20-,21+,23+/m0/s1. The fourth-order valence-corrected chi connectivity index (χ4v) is 4.53. The molecule has 0 aliphatic carbocycles. The highest BCUT2D eigenvalue weighted by atomic mass is 16.5. The molecule has 0 spiro atoms. The van der Waals surface area contributed by atoms with Crippen molar-refractivity contribution in [2.75, 3.05) is 33.8 Å². The number of nitrogens with zero attached hydrogens (tertiary/aromatic N) is 2. The summed E-state index contributed by atoms with van der Waals surface area (Å²) in [5.41, 5.74) is 2.92. The molecule has 0 saturated carbocycles. The van der Waals surface area contributed by atoms with E-state index < -0.39 is 12.2 Å². The summed E-state index contributed by atoms with van der Waals surface area (Å²) in [5.74, 6) is 0.622. The van der Waals surface area contributed by atoms with Crippen LogP contribution in [-0.2, 0) is 22.5 Å². The Kier molecular flexibility index (Phi) is 7.15. The van der Waals surface area contributed by atoms with Crippen molar-refractivity contribution in [3.05, 3.63) is 65.2 Å². The van der Waals surface area contributed by atoms with E-state index in [0.717, 1.165) is 29.7 Å². The van der Waals surface area contributed by atoms with Crippen molar-refractivity contribution >= 4 is 12.0 Å². The molecule has 0 unspecified atom stereocenters. The zero-order valence-electron chi connectivity index (χ0n) is 19.1. The van der Waals surface area contributed by atoms with E-state index in [1.807, 2.05) is 55.6 Å². The predicted octanol–water partition coefficient (Wildman–Crippen LogP) is 2.11. The van der Waals surface area contributed by atoms with E-state index in [1.165, 1.54) is 7.11 Å². The maximum atomic E-state index is 13.5. The molecule has 0 radical (unpaired) electrons. The molecule has 0 bridgehead atoms. The monoisotopic (exact) mass is 453 g/mol. The van der Waals surface area contributed by atoms with Crippen molar-refractivity contribution in [3.63, 3.8) is 0 Å². The highest BCUT2D eigenvalue weighted by Crippen LogP contribution is 2.32. The number of likely N-dealkylation sites (tertiary alicyclic amines) is 1. The zero-order valence-corrected chi connectivity index (χ0v) is 19.1. The Morgan fingerprint density at radius 2 is 2.06 bits per heavy atom. The highest BCUT2D eigenvalue weighted by Gasteiger charge is 2.35. The number of aliphatic hydroxyl groups is 1. The Morgan fingerprint density at radius 1 is 1.27 bits per heavy atom. The van der Waals surface area contributed by atoms with Gasteiger partial charge in [0, 0.05) is 39.6 Å². The first kappa shape index (κ1) is 23.1. The van der Waals surface area contributed by atoms with E-state index in [4.69, 9.17) is 4.74 Å². The summed E-state index contributed by atoms with van der Waals surface area (Å²) in [6.07, 6.45) is -0.150. The van der Waals surface area contributed by atoms with Crippen LogP contribution >= 0.6 is 0 Å². The molecule has 8 nitrogen and oxygen atoms in total. The Hall–Kier alpha value is -3.10. The van der Waals surface area contributed by atoms with Crippen LogP contribution in [0.1, 0.15) is 29.2 Å². The Morgan fingerprint density at radius 3 is 2.76 bits per heavy atom. The van der Waals surface area contributed by atoms with Crippen LogP contribution in [0.25, 0.3) is 0 Å². The summed E-state index contributed by atoms with van der Waals surface area (Å²) in [7, 11) is 3.15. The van der Waals surface area contributed by atoms with Crippen LogP contribution in [0.2, 0.25) is 0 Å². The molecule has 8 heteroatoms. The first-order chi connectivity index (χ1) is 15.9. The first-order valence-corrected chi connectivity index (χ1v) is 11.3. The second-order valence-corrected chi connectivity index (χ2v) is 8.68. The molecule has 1 saturated heterocycles. The van der Waals surface area contributed by atoms with Gasteiger partial charge in [0.1, 0.15) is 5.75 Å². The highest BCUT2D eigenvalue weighted by molar-refractivity contribution is 5.83. The summed E-state index contributed by atoms with van der Waals surface area (Å²) in [6, 6.07) is 15.5. The van der Waals surface area contributed by atoms with Crippen LogP contribution in [0.3, 0.4) is 0 Å². The molecule has 1 fully saturated rings. The van der Waals surface area contributed by atoms with Crippen LogP contribution in [0.4, 0.5) is 4.79 Å². The van der Waals surface area contributed by atoms with Crippen LogP contribution < -0.4 is 10.1 Å². The minimum Gasteiger partial charge on any atom is -0.480 e. The van der Waals surface area contributed by atoms with Crippen molar-refractivity contribution in [3.8, 4) is 5.75 Å². The molecule has 2 aliphatic rings. The van der Waals surface area contributed by atoms with Crippen LogP contribution in [0.5, 0.6) is 5.75 Å². The van der Waals surface area contributed by atoms with E-state index in [1.54, 1.807) is 4.90 Å². The number of ether oxygens (including phenoxy) is 2. The Balaban J connectivity index is 1.45. The molecular formula is C25H31N3O5. The molecule has 2 heterocycles. The summed E-state index contributed by atoms with van der Waals surface area (Å²) in [5, 5.41) is 12.6. The largest absolute Gasteiger partial charge is 0.480 e. The summed E-state index contributed by atoms with van der Waals surface area (Å²) in [4.78, 5) is 28.8. The Labute approximate surface area is 194 Å². The van der Waals surface area contributed by atoms with Gasteiger partial charge in [-0.3, -0.25) is 9.69 Å². The number of amides is 2. The van der Waals surface area contributed by atoms with E-state index in [9.17, 15) is 14.7 Å². The van der Waals surface area contributed by atoms with Gasteiger partial charge < -0.3 is 24.8 Å². The second kappa shape index (κ2) is 10.2. The predicted molar refractivity (Wildman–Crippen MR) is 123 cm³/mol. The average molecular weight is 454 g/mol. The molecule has 2 aliphatic heterocycles. The second-order valence-electron chi connectivity index (χ2n) is 8.68. The van der Waals surface area contributed by atoms with Gasteiger partial charge >= 0.3 is 6.09 Å². The van der Waals surface area contributed by atoms with Crippen molar-refractivity contribution < 1.29 is 24.2 Å². The van der Waals surface area contributed by atoms with Gasteiger partial charge in [-0.15, -0.1) is 0 Å². The van der Waals surface area contributed by atoms with Gasteiger partial charge in [-0.2, -0.15) is 0 Å². The van der Waals surface area contributed by atoms with Gasteiger partial charge in [0.15, 0.2) is 6.10 Å². The third-order valence-corrected chi connectivity index (χ3v) is 6.38. The topological polar surface area (TPSA) is 91.3 Å². The molecule has 176 valence electrons. The summed E-state index contributed by atoms with van der Waals surface area (Å²) in [6.45, 7) is 2.45. The smallest absolute Gasteiger partial charge is 0.407 e. The fourth-order valence-electron chi connectivity index (χ4n) is 4.53. The third-order valence-electron chi connectivity index (χ3n) is 6.38. The molecule has 2 amide bonds. The van der Waals surface area contributed by atoms with Gasteiger partial charge in [-0.1, -0.05) is 42.5 Å². The number of benzene rings is 2. The fraction of sp³-hybridized carbons (Fsp3) is 0.440. The minimum absolute atomic E-state index is 0.0750. The average Bonchev–Trinajstić information content (AvgIpc) is 3.45. The number of carbonyl (C=O) groups excluding carboxylic acids is 2. The van der Waals surface area contributed by atoms with Gasteiger partial charge in [-0.05, 0) is 29.2 Å². The molecule has 4 rings (SSSR count). The SMILES string of the molecule is COC(=O)NCc1ccc2c(c1)C[C@H](C(=O)N(C)[C@H](CN1CC[C@H](O)C1)c1ccccc1)O2. The van der Waals surface area contributed by atoms with E-state index in [-0.39, 0.29) is 18.1 Å². The number of alkyl carbamates (subject to hydrolysis) is 1. The molecular weight excluding hydrogens is 422 g/mol. The number of β-amino-alcohol motifs (C(OH)–C–C–N with tert-alkyl or cyclic N) is 1. The van der Waals surface area contributed by atoms with Crippen molar-refractivity contribution in [1.82, 2.24) is 15.1 Å². The number of methoxy groups -OCH3 is 1. The number of fused-ring (bicyclic) bond motifs is 1. The van der Waals surface area contributed by atoms with Crippen molar-refractivity contribution in [2.24, 2.45) is 0 Å². The van der Waals surface area contributed by atoms with E-state index >= 15 is 0 Å². The molecule has 2 aromatic rings. The number of aliphatic hydroxyl groups excluding tert-OH is 1. The lowest BCUT2D eigenvalue weighted by Crippen LogP contribution is -2.44. The summed E-state index contributed by atoms with van der Waals surface area (Å²) >= 11 is 0. The molecule has 33 heavy (non-hydrogen) atoms. The Bertz CT molecular complexity index is 983. The van der Waals surface area contributed by atoms with Crippen molar-refractivity contribution in [1.29, 1.82) is 0 Å². The number of nitrogens with one attached hydrogen (secondary N) is 1. The molecule has 3 atom stereocenters. The van der Waals surface area contributed by atoms with Crippen LogP contribution in [-0.4, -0.2) is 72.9 Å². The minimum atomic E-state index is -0.593. The zero-order chi connectivity index (χ0) is 23.4. The molecule has 2 aromatic carbocycles. The van der Waals surface area contributed by atoms with E-state index in [0.29, 0.717) is 31.8 Å². The normalized spacial score (nSPS) is 20.6. The third kappa shape index (κ3) is 5.46. The molecule has 0 aromatic heterocycles. The van der Waals surface area contributed by atoms with Crippen LogP contribution in [0.15, 0.2) is 48.5 Å². The van der Waals surface area contributed by atoms with Gasteiger partial charge in [0.05, 0.1) is 19.3 Å². The maximum Gasteiger partial charge on any atom is 0.407 e. The van der Waals surface area contributed by atoms with Gasteiger partial charge in [0.25, 0.3) is 5.91 Å². The number of carbonyl (C=O) groups is 2. The number of likely N-dealkylation sites (N-methyl/N-ethyl adjacent to an activating group) is 1. The van der Waals surface area contributed by atoms with Gasteiger partial charge in [-0.25, -0.2) is 4.79 Å². The lowest BCUT2D eigenvalue weighted by atomic mass is 10.0. The number of hydrogen-bond donors (Lipinski definition) is 2. The number of rotatable bonds is 7. The first-order valence-electron chi connectivity index (χ1n) is 11.3. The lowest BCUT2D eigenvalue weighted by molar-refractivity contribution is -0.139. The van der Waals surface area contributed by atoms with Crippen LogP contribution in [0, 0.1) is 0 Å². The maximum absolute atomic E-state index is 13.5. The van der Waals surface area contributed by atoms with Gasteiger partial charge in [0.2, 0.25) is 0 Å². The summed E-state index contributed by atoms with van der Waals surface area (Å²) < 4.78 is 10.6. The van der Waals surface area contributed by atoms with Crippen molar-refractivity contribution in [2.45, 2.75) is 37.6 Å². The van der Waals surface area contributed by atoms with E-state index in [2.05, 4.69) is 15.0 Å². The molecule has 2 N–H and O–H groups in total. The lowest BCUT2D eigenvalue weighted by Gasteiger charge is -2.33. The number of hydrogen-bond acceptors (Lipinski definition) is 6. The quantitative estimate of drug-likeness (QED) is 0.667.